The average Bonchev–Trinajstić information content (AvgIpc) is 2.68. The predicted molar refractivity (Wildman–Crippen MR) is 108 cm³/mol. The van der Waals surface area contributed by atoms with Crippen LogP contribution in [0.3, 0.4) is 0 Å². The highest BCUT2D eigenvalue weighted by atomic mass is 16.5. The lowest BCUT2D eigenvalue weighted by Crippen LogP contribution is -2.27. The van der Waals surface area contributed by atoms with Gasteiger partial charge in [-0.25, -0.2) is 4.98 Å². The van der Waals surface area contributed by atoms with E-state index in [1.54, 1.807) is 0 Å². The van der Waals surface area contributed by atoms with Crippen LogP contribution in [0, 0.1) is 0 Å². The van der Waals surface area contributed by atoms with Gasteiger partial charge in [0.25, 0.3) is 0 Å². The Hall–Kier alpha value is -2.21. The number of nitrogens with zero attached hydrogens (tertiary/aromatic N) is 2. The molecule has 26 heavy (non-hydrogen) atoms. The monoisotopic (exact) mass is 352 g/mol. The Bertz CT molecular complexity index is 890. The number of hydrogen-bond donors (Lipinski definition) is 2. The van der Waals surface area contributed by atoms with E-state index in [0.717, 1.165) is 58.3 Å². The summed E-state index contributed by atoms with van der Waals surface area (Å²) in [6.45, 7) is 8.87. The van der Waals surface area contributed by atoms with Crippen molar-refractivity contribution in [2.75, 3.05) is 26.2 Å². The quantitative estimate of drug-likeness (QED) is 0.609. The van der Waals surface area contributed by atoms with E-state index >= 15 is 0 Å². The molecule has 0 unspecified atom stereocenters. The van der Waals surface area contributed by atoms with Crippen molar-refractivity contribution in [1.82, 2.24) is 9.88 Å². The molecule has 5 nitrogen and oxygen atoms in total. The van der Waals surface area contributed by atoms with E-state index in [1.807, 2.05) is 18.2 Å². The van der Waals surface area contributed by atoms with Gasteiger partial charge in [0, 0.05) is 30.4 Å². The Kier molecular flexibility index (Phi) is 6.04. The van der Waals surface area contributed by atoms with Crippen molar-refractivity contribution in [2.45, 2.75) is 26.9 Å². The number of fused-ring (bicyclic) bond motifs is 2. The van der Waals surface area contributed by atoms with Gasteiger partial charge in [-0.05, 0) is 42.4 Å². The second kappa shape index (κ2) is 8.45. The maximum Gasteiger partial charge on any atom is 0.120 e. The molecule has 0 bridgehead atoms. The van der Waals surface area contributed by atoms with Crippen LogP contribution < -0.4 is 16.2 Å². The SMILES string of the molecule is CCN(CC)CCOc1cc(CN)c2nc3c(CN)cccc3cc2c1. The zero-order valence-corrected chi connectivity index (χ0v) is 15.7. The van der Waals surface area contributed by atoms with E-state index in [2.05, 4.69) is 36.9 Å². The maximum atomic E-state index is 6.00. The van der Waals surface area contributed by atoms with Crippen LogP contribution in [-0.4, -0.2) is 36.1 Å². The van der Waals surface area contributed by atoms with Crippen LogP contribution in [0.1, 0.15) is 25.0 Å². The molecule has 2 aromatic carbocycles. The van der Waals surface area contributed by atoms with Gasteiger partial charge < -0.3 is 21.1 Å². The minimum absolute atomic E-state index is 0.424. The molecule has 5 heteroatoms. The molecule has 3 rings (SSSR count). The van der Waals surface area contributed by atoms with Crippen LogP contribution in [0.15, 0.2) is 36.4 Å². The first-order chi connectivity index (χ1) is 12.7. The highest BCUT2D eigenvalue weighted by Crippen LogP contribution is 2.28. The second-order valence-electron chi connectivity index (χ2n) is 6.41. The van der Waals surface area contributed by atoms with E-state index < -0.39 is 0 Å². The molecule has 0 spiro atoms. The number of ether oxygens (including phenoxy) is 1. The fourth-order valence-corrected chi connectivity index (χ4v) is 3.31. The summed E-state index contributed by atoms with van der Waals surface area (Å²) in [5, 5.41) is 2.14. The molecule has 0 amide bonds. The minimum atomic E-state index is 0.424. The topological polar surface area (TPSA) is 77.4 Å². The van der Waals surface area contributed by atoms with Crippen molar-refractivity contribution in [1.29, 1.82) is 0 Å². The summed E-state index contributed by atoms with van der Waals surface area (Å²) in [5.41, 5.74) is 15.8. The van der Waals surface area contributed by atoms with E-state index in [0.29, 0.717) is 19.7 Å². The summed E-state index contributed by atoms with van der Waals surface area (Å²) >= 11 is 0. The molecule has 0 saturated carbocycles. The number of nitrogens with two attached hydrogens (primary N) is 2. The molecule has 1 heterocycles. The standard InChI is InChI=1S/C21H28N4O/c1-3-25(4-2)8-9-26-19-11-17-10-15-6-5-7-16(13-22)20(15)24-21(17)18(12-19)14-23/h5-7,10-12H,3-4,8-9,13-14,22-23H2,1-2H3. The molecular weight excluding hydrogens is 324 g/mol. The number of rotatable bonds is 8. The third kappa shape index (κ3) is 3.80. The first-order valence-electron chi connectivity index (χ1n) is 9.30. The van der Waals surface area contributed by atoms with E-state index in [-0.39, 0.29) is 0 Å². The van der Waals surface area contributed by atoms with Crippen molar-refractivity contribution < 1.29 is 4.74 Å². The predicted octanol–water partition coefficient (Wildman–Crippen LogP) is 3.03. The number of para-hydroxylation sites is 1. The van der Waals surface area contributed by atoms with E-state index in [9.17, 15) is 0 Å². The lowest BCUT2D eigenvalue weighted by molar-refractivity contribution is 0.223. The summed E-state index contributed by atoms with van der Waals surface area (Å²) in [6, 6.07) is 12.3. The summed E-state index contributed by atoms with van der Waals surface area (Å²) < 4.78 is 6.00. The molecule has 0 aliphatic heterocycles. The Labute approximate surface area is 154 Å². The summed E-state index contributed by atoms with van der Waals surface area (Å²) in [5.74, 6) is 0.848. The summed E-state index contributed by atoms with van der Waals surface area (Å²) in [6.07, 6.45) is 0. The molecule has 0 aliphatic rings. The lowest BCUT2D eigenvalue weighted by Gasteiger charge is -2.18. The van der Waals surface area contributed by atoms with Crippen LogP contribution in [-0.2, 0) is 13.1 Å². The van der Waals surface area contributed by atoms with Gasteiger partial charge in [-0.15, -0.1) is 0 Å². The van der Waals surface area contributed by atoms with Gasteiger partial charge in [-0.3, -0.25) is 0 Å². The Morgan fingerprint density at radius 2 is 1.65 bits per heavy atom. The highest BCUT2D eigenvalue weighted by molar-refractivity contribution is 5.96. The van der Waals surface area contributed by atoms with Gasteiger partial charge in [0.05, 0.1) is 11.0 Å². The average molecular weight is 352 g/mol. The number of benzene rings is 2. The van der Waals surface area contributed by atoms with Gasteiger partial charge in [-0.2, -0.15) is 0 Å². The Morgan fingerprint density at radius 3 is 2.35 bits per heavy atom. The zero-order chi connectivity index (χ0) is 18.5. The van der Waals surface area contributed by atoms with Gasteiger partial charge in [0.2, 0.25) is 0 Å². The molecule has 3 aromatic rings. The van der Waals surface area contributed by atoms with Gasteiger partial charge in [0.1, 0.15) is 12.4 Å². The Morgan fingerprint density at radius 1 is 0.923 bits per heavy atom. The number of pyridine rings is 1. The molecule has 138 valence electrons. The van der Waals surface area contributed by atoms with Gasteiger partial charge in [-0.1, -0.05) is 32.0 Å². The van der Waals surface area contributed by atoms with Crippen molar-refractivity contribution in [3.05, 3.63) is 47.5 Å². The van der Waals surface area contributed by atoms with Crippen molar-refractivity contribution >= 4 is 21.8 Å². The molecule has 0 saturated heterocycles. The summed E-state index contributed by atoms with van der Waals surface area (Å²) in [7, 11) is 0. The third-order valence-corrected chi connectivity index (χ3v) is 4.89. The highest BCUT2D eigenvalue weighted by Gasteiger charge is 2.10. The minimum Gasteiger partial charge on any atom is -0.492 e. The molecule has 0 atom stereocenters. The molecular formula is C21H28N4O. The molecule has 0 radical (unpaired) electrons. The molecule has 1 aromatic heterocycles. The third-order valence-electron chi connectivity index (χ3n) is 4.89. The maximum absolute atomic E-state index is 6.00. The van der Waals surface area contributed by atoms with Crippen LogP contribution in [0.2, 0.25) is 0 Å². The fourth-order valence-electron chi connectivity index (χ4n) is 3.31. The van der Waals surface area contributed by atoms with Gasteiger partial charge in [0.15, 0.2) is 0 Å². The largest absolute Gasteiger partial charge is 0.492 e. The smallest absolute Gasteiger partial charge is 0.120 e. The lowest BCUT2D eigenvalue weighted by atomic mass is 10.0. The summed E-state index contributed by atoms with van der Waals surface area (Å²) in [4.78, 5) is 7.21. The molecule has 0 fully saturated rings. The van der Waals surface area contributed by atoms with Crippen LogP contribution in [0.25, 0.3) is 21.8 Å². The first-order valence-corrected chi connectivity index (χ1v) is 9.30. The number of hydrogen-bond acceptors (Lipinski definition) is 5. The van der Waals surface area contributed by atoms with Crippen LogP contribution >= 0.6 is 0 Å². The zero-order valence-electron chi connectivity index (χ0n) is 15.7. The van der Waals surface area contributed by atoms with Crippen molar-refractivity contribution in [3.63, 3.8) is 0 Å². The van der Waals surface area contributed by atoms with Gasteiger partial charge >= 0.3 is 0 Å². The Balaban J connectivity index is 1.96. The fraction of sp³-hybridized carbons (Fsp3) is 0.381. The molecule has 0 aliphatic carbocycles. The van der Waals surface area contributed by atoms with Crippen LogP contribution in [0.5, 0.6) is 5.75 Å². The van der Waals surface area contributed by atoms with Crippen molar-refractivity contribution in [3.8, 4) is 5.75 Å². The number of aromatic nitrogens is 1. The van der Waals surface area contributed by atoms with Crippen LogP contribution in [0.4, 0.5) is 0 Å². The second-order valence-corrected chi connectivity index (χ2v) is 6.41. The normalized spacial score (nSPS) is 11.6. The molecule has 4 N–H and O–H groups in total. The van der Waals surface area contributed by atoms with E-state index in [1.165, 1.54) is 0 Å². The number of likely N-dealkylation sites (N-methyl/N-ethyl adjacent to an activating group) is 1. The first kappa shape index (κ1) is 18.6. The van der Waals surface area contributed by atoms with Crippen molar-refractivity contribution in [2.24, 2.45) is 11.5 Å². The van der Waals surface area contributed by atoms with E-state index in [4.69, 9.17) is 21.2 Å².